The van der Waals surface area contributed by atoms with Crippen LogP contribution in [-0.2, 0) is 0 Å². The number of terminal acetylenes is 1. The summed E-state index contributed by atoms with van der Waals surface area (Å²) in [4.78, 5) is 3.99. The molecular weight excluding hydrogens is 164 g/mol. The molecule has 0 saturated carbocycles. The Labute approximate surface area is 75.3 Å². The van der Waals surface area contributed by atoms with Crippen molar-refractivity contribution in [2.45, 2.75) is 0 Å². The molecule has 0 bridgehead atoms. The van der Waals surface area contributed by atoms with E-state index in [1.807, 2.05) is 6.07 Å². The van der Waals surface area contributed by atoms with Gasteiger partial charge in [-0.15, -0.1) is 16.6 Å². The third-order valence-electron chi connectivity index (χ3n) is 1.61. The van der Waals surface area contributed by atoms with E-state index in [-0.39, 0.29) is 0 Å². The molecule has 0 atom stereocenters. The number of hydrogen-bond acceptors (Lipinski definition) is 3. The SMILES string of the molecule is C#Cc1cncc(-n2cnnc2)c1. The molecular formula is C9H6N4. The summed E-state index contributed by atoms with van der Waals surface area (Å²) < 4.78 is 1.74. The summed E-state index contributed by atoms with van der Waals surface area (Å²) in [5.74, 6) is 2.51. The first-order valence-corrected chi connectivity index (χ1v) is 3.67. The Kier molecular flexibility index (Phi) is 1.77. The lowest BCUT2D eigenvalue weighted by Crippen LogP contribution is -1.91. The smallest absolute Gasteiger partial charge is 0.123 e. The van der Waals surface area contributed by atoms with Gasteiger partial charge >= 0.3 is 0 Å². The third-order valence-corrected chi connectivity index (χ3v) is 1.61. The van der Waals surface area contributed by atoms with E-state index in [4.69, 9.17) is 6.42 Å². The van der Waals surface area contributed by atoms with Gasteiger partial charge in [0, 0.05) is 11.8 Å². The number of pyridine rings is 1. The molecule has 2 rings (SSSR count). The summed E-state index contributed by atoms with van der Waals surface area (Å²) in [5.41, 5.74) is 1.60. The molecule has 62 valence electrons. The highest BCUT2D eigenvalue weighted by molar-refractivity contribution is 5.39. The molecule has 0 radical (unpaired) electrons. The molecule has 4 heteroatoms. The minimum atomic E-state index is 0.742. The Balaban J connectivity index is 2.49. The fourth-order valence-electron chi connectivity index (χ4n) is 0.982. The van der Waals surface area contributed by atoms with E-state index in [0.717, 1.165) is 11.3 Å². The normalized spacial score (nSPS) is 9.46. The zero-order chi connectivity index (χ0) is 9.10. The predicted molar refractivity (Wildman–Crippen MR) is 47.1 cm³/mol. The van der Waals surface area contributed by atoms with Crippen molar-refractivity contribution in [3.8, 4) is 18.0 Å². The fraction of sp³-hybridized carbons (Fsp3) is 0. The van der Waals surface area contributed by atoms with E-state index in [2.05, 4.69) is 21.1 Å². The van der Waals surface area contributed by atoms with Crippen LogP contribution in [0.2, 0.25) is 0 Å². The average Bonchev–Trinajstić information content (AvgIpc) is 2.71. The summed E-state index contributed by atoms with van der Waals surface area (Å²) in [6.45, 7) is 0. The molecule has 0 aliphatic carbocycles. The third kappa shape index (κ3) is 1.40. The first-order chi connectivity index (χ1) is 6.40. The molecule has 0 unspecified atom stereocenters. The molecule has 0 amide bonds. The number of aromatic nitrogens is 4. The van der Waals surface area contributed by atoms with Gasteiger partial charge in [-0.1, -0.05) is 5.92 Å². The van der Waals surface area contributed by atoms with Gasteiger partial charge in [0.05, 0.1) is 11.9 Å². The van der Waals surface area contributed by atoms with Crippen LogP contribution < -0.4 is 0 Å². The minimum absolute atomic E-state index is 0.742. The average molecular weight is 170 g/mol. The van der Waals surface area contributed by atoms with Crippen LogP contribution in [0.4, 0.5) is 0 Å². The van der Waals surface area contributed by atoms with E-state index in [1.165, 1.54) is 0 Å². The van der Waals surface area contributed by atoms with Crippen LogP contribution in [0.3, 0.4) is 0 Å². The van der Waals surface area contributed by atoms with Gasteiger partial charge < -0.3 is 0 Å². The van der Waals surface area contributed by atoms with Gasteiger partial charge in [-0.25, -0.2) is 0 Å². The molecule has 0 fully saturated rings. The maximum absolute atomic E-state index is 5.24. The standard InChI is InChI=1S/C9H6N4/c1-2-8-3-9(5-10-4-8)13-6-11-12-7-13/h1,3-7H. The lowest BCUT2D eigenvalue weighted by molar-refractivity contribution is 1.04. The van der Waals surface area contributed by atoms with Crippen LogP contribution >= 0.6 is 0 Å². The highest BCUT2D eigenvalue weighted by Gasteiger charge is 1.96. The highest BCUT2D eigenvalue weighted by Crippen LogP contribution is 2.05. The molecule has 13 heavy (non-hydrogen) atoms. The number of nitrogens with zero attached hydrogens (tertiary/aromatic N) is 4. The van der Waals surface area contributed by atoms with Crippen LogP contribution in [0.25, 0.3) is 5.69 Å². The summed E-state index contributed by atoms with van der Waals surface area (Å²) >= 11 is 0. The van der Waals surface area contributed by atoms with E-state index >= 15 is 0 Å². The van der Waals surface area contributed by atoms with Crippen molar-refractivity contribution < 1.29 is 0 Å². The second-order valence-corrected chi connectivity index (χ2v) is 2.45. The van der Waals surface area contributed by atoms with E-state index in [0.29, 0.717) is 0 Å². The van der Waals surface area contributed by atoms with Crippen LogP contribution in [0.15, 0.2) is 31.1 Å². The molecule has 0 aliphatic heterocycles. The molecule has 0 spiro atoms. The summed E-state index contributed by atoms with van der Waals surface area (Å²) in [7, 11) is 0. The second kappa shape index (κ2) is 3.07. The highest BCUT2D eigenvalue weighted by atomic mass is 15.2. The van der Waals surface area contributed by atoms with Gasteiger partial charge in [-0.3, -0.25) is 9.55 Å². The number of hydrogen-bond donors (Lipinski definition) is 0. The Morgan fingerprint density at radius 3 is 2.69 bits per heavy atom. The van der Waals surface area contributed by atoms with Crippen molar-refractivity contribution in [3.63, 3.8) is 0 Å². The van der Waals surface area contributed by atoms with Crippen molar-refractivity contribution >= 4 is 0 Å². The fourth-order valence-corrected chi connectivity index (χ4v) is 0.982. The van der Waals surface area contributed by atoms with Crippen molar-refractivity contribution in [1.82, 2.24) is 19.7 Å². The Bertz CT molecular complexity index is 439. The van der Waals surface area contributed by atoms with Crippen LogP contribution in [-0.4, -0.2) is 19.7 Å². The predicted octanol–water partition coefficient (Wildman–Crippen LogP) is 0.644. The first-order valence-electron chi connectivity index (χ1n) is 3.67. The van der Waals surface area contributed by atoms with Gasteiger partial charge in [0.2, 0.25) is 0 Å². The molecule has 0 N–H and O–H groups in total. The topological polar surface area (TPSA) is 43.6 Å². The lowest BCUT2D eigenvalue weighted by atomic mass is 10.3. The Morgan fingerprint density at radius 2 is 2.00 bits per heavy atom. The van der Waals surface area contributed by atoms with Crippen molar-refractivity contribution in [2.24, 2.45) is 0 Å². The maximum Gasteiger partial charge on any atom is 0.123 e. The molecule has 0 aliphatic rings. The van der Waals surface area contributed by atoms with Gasteiger partial charge in [0.1, 0.15) is 12.7 Å². The van der Waals surface area contributed by atoms with Gasteiger partial charge in [0.15, 0.2) is 0 Å². The summed E-state index contributed by atoms with van der Waals surface area (Å²) in [6, 6.07) is 1.84. The zero-order valence-electron chi connectivity index (χ0n) is 6.75. The van der Waals surface area contributed by atoms with Crippen molar-refractivity contribution in [1.29, 1.82) is 0 Å². The molecule has 0 aromatic carbocycles. The van der Waals surface area contributed by atoms with Crippen LogP contribution in [0.1, 0.15) is 5.56 Å². The lowest BCUT2D eigenvalue weighted by Gasteiger charge is -1.99. The summed E-state index contributed by atoms with van der Waals surface area (Å²) in [5, 5.41) is 7.38. The van der Waals surface area contributed by atoms with Gasteiger partial charge in [-0.2, -0.15) is 0 Å². The molecule has 2 aromatic heterocycles. The molecule has 2 heterocycles. The first kappa shape index (κ1) is 7.50. The van der Waals surface area contributed by atoms with Crippen molar-refractivity contribution in [3.05, 3.63) is 36.7 Å². The Hall–Kier alpha value is -2.15. The quantitative estimate of drug-likeness (QED) is 0.590. The van der Waals surface area contributed by atoms with Crippen molar-refractivity contribution in [2.75, 3.05) is 0 Å². The van der Waals surface area contributed by atoms with Gasteiger partial charge in [0.25, 0.3) is 0 Å². The van der Waals surface area contributed by atoms with Gasteiger partial charge in [-0.05, 0) is 6.07 Å². The van der Waals surface area contributed by atoms with E-state index in [9.17, 15) is 0 Å². The zero-order valence-corrected chi connectivity index (χ0v) is 6.75. The minimum Gasteiger partial charge on any atom is -0.287 e. The molecule has 4 nitrogen and oxygen atoms in total. The monoisotopic (exact) mass is 170 g/mol. The van der Waals surface area contributed by atoms with E-state index < -0.39 is 0 Å². The summed E-state index contributed by atoms with van der Waals surface area (Å²) in [6.07, 6.45) is 11.8. The van der Waals surface area contributed by atoms with E-state index in [1.54, 1.807) is 29.6 Å². The Morgan fingerprint density at radius 1 is 1.23 bits per heavy atom. The largest absolute Gasteiger partial charge is 0.287 e. The van der Waals surface area contributed by atoms with Crippen LogP contribution in [0, 0.1) is 12.3 Å². The molecule has 2 aromatic rings. The number of rotatable bonds is 1. The second-order valence-electron chi connectivity index (χ2n) is 2.45. The molecule has 0 saturated heterocycles. The van der Waals surface area contributed by atoms with Crippen LogP contribution in [0.5, 0.6) is 0 Å². The maximum atomic E-state index is 5.24.